The Balaban J connectivity index is 2.93. The van der Waals surface area contributed by atoms with Gasteiger partial charge in [-0.2, -0.15) is 4.39 Å². The Morgan fingerprint density at radius 1 is 1.57 bits per heavy atom. The molecule has 0 N–H and O–H groups in total. The lowest BCUT2D eigenvalue weighted by Crippen LogP contribution is -1.93. The molecule has 72 valence electrons. The molecule has 0 aliphatic rings. The second kappa shape index (κ2) is 3.29. The van der Waals surface area contributed by atoms with E-state index in [0.29, 0.717) is 10.1 Å². The Hall–Kier alpha value is -1.01. The van der Waals surface area contributed by atoms with Crippen LogP contribution in [0.25, 0.3) is 10.1 Å². The maximum atomic E-state index is 13.4. The predicted octanol–water partition coefficient (Wildman–Crippen LogP) is 3.71. The molecule has 2 aromatic rings. The van der Waals surface area contributed by atoms with E-state index in [1.807, 2.05) is 0 Å². The maximum Gasteiger partial charge on any atom is 0.314 e. The minimum Gasteiger partial charge on any atom is -0.258 e. The highest BCUT2D eigenvalue weighted by molar-refractivity contribution is 9.10. The van der Waals surface area contributed by atoms with Gasteiger partial charge in [0, 0.05) is 4.70 Å². The van der Waals surface area contributed by atoms with Crippen LogP contribution >= 0.6 is 27.3 Å². The molecular formula is C8H3BrFNO2S. The van der Waals surface area contributed by atoms with Gasteiger partial charge in [-0.25, -0.2) is 0 Å². The minimum atomic E-state index is -0.819. The monoisotopic (exact) mass is 275 g/mol. The van der Waals surface area contributed by atoms with Gasteiger partial charge in [0.2, 0.25) is 5.82 Å². The summed E-state index contributed by atoms with van der Waals surface area (Å²) < 4.78 is 14.2. The first-order valence-corrected chi connectivity index (χ1v) is 5.28. The van der Waals surface area contributed by atoms with Crippen molar-refractivity contribution in [3.8, 4) is 0 Å². The largest absolute Gasteiger partial charge is 0.314 e. The summed E-state index contributed by atoms with van der Waals surface area (Å²) in [6, 6.07) is 3.09. The Bertz CT molecular complexity index is 525. The lowest BCUT2D eigenvalue weighted by atomic mass is 10.2. The van der Waals surface area contributed by atoms with Crippen molar-refractivity contribution in [2.45, 2.75) is 0 Å². The highest BCUT2D eigenvalue weighted by Gasteiger charge is 2.22. The molecule has 0 fully saturated rings. The molecule has 0 amide bonds. The van der Waals surface area contributed by atoms with Crippen molar-refractivity contribution in [3.63, 3.8) is 0 Å². The zero-order valence-corrected chi connectivity index (χ0v) is 9.06. The second-order valence-electron chi connectivity index (χ2n) is 2.61. The number of benzene rings is 1. The van der Waals surface area contributed by atoms with E-state index in [2.05, 4.69) is 15.9 Å². The standard InChI is InChI=1S/C8H3BrFNO2S/c9-5-3-6-4(1-2-14-6)8(7(5)10)11(12)13/h1-3H. The van der Waals surface area contributed by atoms with Crippen molar-refractivity contribution in [2.24, 2.45) is 0 Å². The quantitative estimate of drug-likeness (QED) is 0.588. The molecule has 0 aliphatic carbocycles. The average Bonchev–Trinajstić information content (AvgIpc) is 2.52. The summed E-state index contributed by atoms with van der Waals surface area (Å²) in [7, 11) is 0. The van der Waals surface area contributed by atoms with Crippen LogP contribution in [0, 0.1) is 15.9 Å². The Kier molecular flexibility index (Phi) is 2.24. The minimum absolute atomic E-state index is 0.124. The SMILES string of the molecule is O=[N+]([O-])c1c(F)c(Br)cc2sccc12. The summed E-state index contributed by atoms with van der Waals surface area (Å²) in [5, 5.41) is 12.7. The highest BCUT2D eigenvalue weighted by atomic mass is 79.9. The molecule has 1 heterocycles. The molecule has 1 aromatic carbocycles. The van der Waals surface area contributed by atoms with Gasteiger partial charge in [0.1, 0.15) is 0 Å². The van der Waals surface area contributed by atoms with Crippen LogP contribution < -0.4 is 0 Å². The molecule has 14 heavy (non-hydrogen) atoms. The molecule has 0 atom stereocenters. The normalized spacial score (nSPS) is 10.7. The lowest BCUT2D eigenvalue weighted by molar-refractivity contribution is -0.385. The number of nitro benzene ring substituents is 1. The van der Waals surface area contributed by atoms with E-state index < -0.39 is 16.4 Å². The highest BCUT2D eigenvalue weighted by Crippen LogP contribution is 2.36. The molecule has 6 heteroatoms. The zero-order valence-electron chi connectivity index (χ0n) is 6.66. The van der Waals surface area contributed by atoms with Crippen LogP contribution in [0.4, 0.5) is 10.1 Å². The van der Waals surface area contributed by atoms with Crippen molar-refractivity contribution in [3.05, 3.63) is 37.9 Å². The van der Waals surface area contributed by atoms with E-state index >= 15 is 0 Å². The van der Waals surface area contributed by atoms with Crippen LogP contribution in [-0.2, 0) is 0 Å². The summed E-state index contributed by atoms with van der Waals surface area (Å²) in [6.07, 6.45) is 0. The van der Waals surface area contributed by atoms with Gasteiger partial charge in [0.15, 0.2) is 0 Å². The molecule has 0 bridgehead atoms. The average molecular weight is 276 g/mol. The number of rotatable bonds is 1. The third-order valence-electron chi connectivity index (χ3n) is 1.81. The Labute approximate surface area is 90.4 Å². The van der Waals surface area contributed by atoms with Gasteiger partial charge < -0.3 is 0 Å². The van der Waals surface area contributed by atoms with Gasteiger partial charge in [-0.05, 0) is 33.4 Å². The smallest absolute Gasteiger partial charge is 0.258 e. The number of fused-ring (bicyclic) bond motifs is 1. The van der Waals surface area contributed by atoms with Crippen molar-refractivity contribution in [1.82, 2.24) is 0 Å². The molecule has 0 saturated carbocycles. The van der Waals surface area contributed by atoms with Crippen LogP contribution in [0.5, 0.6) is 0 Å². The fourth-order valence-electron chi connectivity index (χ4n) is 1.22. The van der Waals surface area contributed by atoms with Crippen molar-refractivity contribution in [2.75, 3.05) is 0 Å². The molecule has 0 unspecified atom stereocenters. The number of halogens is 2. The topological polar surface area (TPSA) is 43.1 Å². The van der Waals surface area contributed by atoms with E-state index in [-0.39, 0.29) is 4.47 Å². The molecular weight excluding hydrogens is 273 g/mol. The van der Waals surface area contributed by atoms with E-state index in [4.69, 9.17) is 0 Å². The van der Waals surface area contributed by atoms with Gasteiger partial charge in [-0.1, -0.05) is 0 Å². The molecule has 0 spiro atoms. The molecule has 1 aromatic heterocycles. The summed E-state index contributed by atoms with van der Waals surface area (Å²) in [6.45, 7) is 0. The first-order chi connectivity index (χ1) is 6.61. The van der Waals surface area contributed by atoms with E-state index in [0.717, 1.165) is 0 Å². The van der Waals surface area contributed by atoms with Crippen LogP contribution in [-0.4, -0.2) is 4.92 Å². The van der Waals surface area contributed by atoms with Crippen molar-refractivity contribution in [1.29, 1.82) is 0 Å². The van der Waals surface area contributed by atoms with Crippen molar-refractivity contribution < 1.29 is 9.31 Å². The molecule has 2 rings (SSSR count). The number of nitrogens with zero attached hydrogens (tertiary/aromatic N) is 1. The van der Waals surface area contributed by atoms with Crippen molar-refractivity contribution >= 4 is 43.0 Å². The van der Waals surface area contributed by atoms with Crippen LogP contribution in [0.15, 0.2) is 22.0 Å². The predicted molar refractivity (Wildman–Crippen MR) is 56.1 cm³/mol. The second-order valence-corrected chi connectivity index (χ2v) is 4.41. The fourth-order valence-corrected chi connectivity index (χ4v) is 2.61. The van der Waals surface area contributed by atoms with Gasteiger partial charge >= 0.3 is 5.69 Å². The summed E-state index contributed by atoms with van der Waals surface area (Å²) in [4.78, 5) is 9.94. The van der Waals surface area contributed by atoms with Crippen LogP contribution in [0.2, 0.25) is 0 Å². The first kappa shape index (κ1) is 9.54. The number of hydrogen-bond acceptors (Lipinski definition) is 3. The Morgan fingerprint density at radius 3 is 2.93 bits per heavy atom. The third kappa shape index (κ3) is 1.31. The molecule has 0 aliphatic heterocycles. The third-order valence-corrected chi connectivity index (χ3v) is 3.25. The van der Waals surface area contributed by atoms with Crippen LogP contribution in [0.3, 0.4) is 0 Å². The van der Waals surface area contributed by atoms with Gasteiger partial charge in [0.25, 0.3) is 0 Å². The van der Waals surface area contributed by atoms with E-state index in [1.165, 1.54) is 11.3 Å². The first-order valence-electron chi connectivity index (χ1n) is 3.61. The van der Waals surface area contributed by atoms with Gasteiger partial charge in [-0.3, -0.25) is 10.1 Å². The molecule has 0 saturated heterocycles. The van der Waals surface area contributed by atoms with Gasteiger partial charge in [0.05, 0.1) is 14.8 Å². The summed E-state index contributed by atoms with van der Waals surface area (Å²) in [5.74, 6) is -0.819. The Morgan fingerprint density at radius 2 is 2.29 bits per heavy atom. The van der Waals surface area contributed by atoms with E-state index in [9.17, 15) is 14.5 Å². The number of nitro groups is 1. The maximum absolute atomic E-state index is 13.4. The van der Waals surface area contributed by atoms with Crippen LogP contribution in [0.1, 0.15) is 0 Å². The van der Waals surface area contributed by atoms with Gasteiger partial charge in [-0.15, -0.1) is 11.3 Å². The summed E-state index contributed by atoms with van der Waals surface area (Å²) >= 11 is 4.29. The molecule has 3 nitrogen and oxygen atoms in total. The van der Waals surface area contributed by atoms with E-state index in [1.54, 1.807) is 17.5 Å². The lowest BCUT2D eigenvalue weighted by Gasteiger charge is -1.98. The zero-order chi connectivity index (χ0) is 10.3. The number of thiophene rings is 1. The number of hydrogen-bond donors (Lipinski definition) is 0. The summed E-state index contributed by atoms with van der Waals surface area (Å²) in [5.41, 5.74) is -0.462. The molecule has 0 radical (unpaired) electrons. The fraction of sp³-hybridized carbons (Fsp3) is 0.